The van der Waals surface area contributed by atoms with E-state index >= 15 is 0 Å². The molecular weight excluding hydrogens is 166 g/mol. The summed E-state index contributed by atoms with van der Waals surface area (Å²) < 4.78 is 0. The molecule has 1 fully saturated rings. The summed E-state index contributed by atoms with van der Waals surface area (Å²) in [7, 11) is 0. The summed E-state index contributed by atoms with van der Waals surface area (Å²) in [5.41, 5.74) is 0. The van der Waals surface area contributed by atoms with Crippen LogP contribution in [0.5, 0.6) is 0 Å². The summed E-state index contributed by atoms with van der Waals surface area (Å²) in [6.45, 7) is 0. The highest BCUT2D eigenvalue weighted by Crippen LogP contribution is 2.31. The molecule has 1 aliphatic carbocycles. The normalized spacial score (nSPS) is 20.5. The van der Waals surface area contributed by atoms with E-state index in [0.717, 1.165) is 25.7 Å². The highest BCUT2D eigenvalue weighted by Gasteiger charge is 2.25. The molecule has 0 aromatic carbocycles. The highest BCUT2D eigenvalue weighted by molar-refractivity contribution is 5.67. The zero-order valence-electron chi connectivity index (χ0n) is 7.70. The minimum Gasteiger partial charge on any atom is -0.481 e. The Morgan fingerprint density at radius 1 is 1.46 bits per heavy atom. The van der Waals surface area contributed by atoms with Gasteiger partial charge in [0.05, 0.1) is 18.4 Å². The van der Waals surface area contributed by atoms with Crippen LogP contribution >= 0.6 is 0 Å². The Hall–Kier alpha value is -1.04. The van der Waals surface area contributed by atoms with E-state index in [2.05, 4.69) is 6.07 Å². The first-order valence-corrected chi connectivity index (χ1v) is 4.85. The van der Waals surface area contributed by atoms with E-state index in [1.807, 2.05) is 0 Å². The molecule has 0 saturated heterocycles. The summed E-state index contributed by atoms with van der Waals surface area (Å²) in [6.07, 6.45) is 5.63. The predicted molar refractivity (Wildman–Crippen MR) is 47.9 cm³/mol. The van der Waals surface area contributed by atoms with E-state index in [1.165, 1.54) is 6.42 Å². The SMILES string of the molecule is N#CC(CC(=O)O)C1CCCCC1. The third-order valence-electron chi connectivity index (χ3n) is 2.78. The van der Waals surface area contributed by atoms with Crippen LogP contribution in [0, 0.1) is 23.2 Å². The zero-order valence-corrected chi connectivity index (χ0v) is 7.70. The van der Waals surface area contributed by atoms with E-state index in [1.54, 1.807) is 0 Å². The first-order valence-electron chi connectivity index (χ1n) is 4.85. The quantitative estimate of drug-likeness (QED) is 0.725. The molecule has 0 aromatic heterocycles. The van der Waals surface area contributed by atoms with Gasteiger partial charge < -0.3 is 5.11 Å². The van der Waals surface area contributed by atoms with Crippen molar-refractivity contribution in [3.8, 4) is 6.07 Å². The number of carbonyl (C=O) groups is 1. The average molecular weight is 181 g/mol. The second-order valence-corrected chi connectivity index (χ2v) is 3.73. The lowest BCUT2D eigenvalue weighted by Gasteiger charge is -2.24. The molecule has 1 saturated carbocycles. The van der Waals surface area contributed by atoms with Gasteiger partial charge in [0, 0.05) is 0 Å². The molecule has 0 aromatic rings. The topological polar surface area (TPSA) is 61.1 Å². The second-order valence-electron chi connectivity index (χ2n) is 3.73. The minimum absolute atomic E-state index is 0.0150. The third-order valence-corrected chi connectivity index (χ3v) is 2.78. The fourth-order valence-electron chi connectivity index (χ4n) is 2.04. The molecule has 0 aliphatic heterocycles. The Morgan fingerprint density at radius 2 is 2.08 bits per heavy atom. The van der Waals surface area contributed by atoms with Crippen LogP contribution in [0.25, 0.3) is 0 Å². The van der Waals surface area contributed by atoms with Crippen molar-refractivity contribution >= 4 is 5.97 Å². The van der Waals surface area contributed by atoms with Crippen molar-refractivity contribution in [1.29, 1.82) is 5.26 Å². The van der Waals surface area contributed by atoms with Crippen molar-refractivity contribution in [2.45, 2.75) is 38.5 Å². The molecule has 0 spiro atoms. The Kier molecular flexibility index (Phi) is 3.75. The van der Waals surface area contributed by atoms with Crippen LogP contribution in [0.4, 0.5) is 0 Å². The van der Waals surface area contributed by atoms with Crippen LogP contribution < -0.4 is 0 Å². The van der Waals surface area contributed by atoms with Gasteiger partial charge in [0.2, 0.25) is 0 Å². The first kappa shape index (κ1) is 10.0. The summed E-state index contributed by atoms with van der Waals surface area (Å²) in [4.78, 5) is 10.5. The summed E-state index contributed by atoms with van der Waals surface area (Å²) in [6, 6.07) is 2.12. The molecule has 0 bridgehead atoms. The molecule has 0 amide bonds. The van der Waals surface area contributed by atoms with Crippen LogP contribution in [0.2, 0.25) is 0 Å². The van der Waals surface area contributed by atoms with E-state index in [9.17, 15) is 4.79 Å². The van der Waals surface area contributed by atoms with Gasteiger partial charge in [0.15, 0.2) is 0 Å². The first-order chi connectivity index (χ1) is 6.24. The molecule has 3 heteroatoms. The van der Waals surface area contributed by atoms with E-state index in [0.29, 0.717) is 5.92 Å². The summed E-state index contributed by atoms with van der Waals surface area (Å²) in [5, 5.41) is 17.4. The lowest BCUT2D eigenvalue weighted by atomic mass is 9.79. The molecule has 0 heterocycles. The molecule has 1 aliphatic rings. The molecule has 3 nitrogen and oxygen atoms in total. The van der Waals surface area contributed by atoms with Gasteiger partial charge >= 0.3 is 5.97 Å². The van der Waals surface area contributed by atoms with Crippen LogP contribution in [-0.2, 0) is 4.79 Å². The van der Waals surface area contributed by atoms with Crippen molar-refractivity contribution in [3.63, 3.8) is 0 Å². The Balaban J connectivity index is 2.45. The molecule has 1 N–H and O–H groups in total. The number of hydrogen-bond acceptors (Lipinski definition) is 2. The molecule has 13 heavy (non-hydrogen) atoms. The van der Waals surface area contributed by atoms with Crippen LogP contribution in [-0.4, -0.2) is 11.1 Å². The summed E-state index contributed by atoms with van der Waals surface area (Å²) in [5.74, 6) is -0.787. The van der Waals surface area contributed by atoms with Gasteiger partial charge in [-0.25, -0.2) is 0 Å². The van der Waals surface area contributed by atoms with Crippen LogP contribution in [0.1, 0.15) is 38.5 Å². The number of carboxylic acid groups (broad SMARTS) is 1. The van der Waals surface area contributed by atoms with Gasteiger partial charge in [-0.2, -0.15) is 5.26 Å². The van der Waals surface area contributed by atoms with Crippen molar-refractivity contribution in [2.24, 2.45) is 11.8 Å². The van der Waals surface area contributed by atoms with E-state index in [-0.39, 0.29) is 12.3 Å². The number of nitriles is 1. The lowest BCUT2D eigenvalue weighted by Crippen LogP contribution is -2.19. The van der Waals surface area contributed by atoms with Crippen molar-refractivity contribution in [2.75, 3.05) is 0 Å². The number of aliphatic carboxylic acids is 1. The fourth-order valence-corrected chi connectivity index (χ4v) is 2.04. The van der Waals surface area contributed by atoms with Crippen LogP contribution in [0.15, 0.2) is 0 Å². The maximum Gasteiger partial charge on any atom is 0.304 e. The molecule has 1 unspecified atom stereocenters. The number of carboxylic acids is 1. The molecule has 1 atom stereocenters. The molecular formula is C10H15NO2. The average Bonchev–Trinajstić information content (AvgIpc) is 2.15. The van der Waals surface area contributed by atoms with Gasteiger partial charge in [-0.1, -0.05) is 19.3 Å². The number of rotatable bonds is 3. The van der Waals surface area contributed by atoms with E-state index < -0.39 is 5.97 Å². The van der Waals surface area contributed by atoms with Gasteiger partial charge in [0.1, 0.15) is 0 Å². The Morgan fingerprint density at radius 3 is 2.54 bits per heavy atom. The Bertz CT molecular complexity index is 213. The van der Waals surface area contributed by atoms with Gasteiger partial charge in [0.25, 0.3) is 0 Å². The third kappa shape index (κ3) is 3.06. The second kappa shape index (κ2) is 4.86. The van der Waals surface area contributed by atoms with Gasteiger partial charge in [-0.05, 0) is 18.8 Å². The number of nitrogens with zero attached hydrogens (tertiary/aromatic N) is 1. The predicted octanol–water partition coefficient (Wildman–Crippen LogP) is 2.18. The maximum atomic E-state index is 10.5. The summed E-state index contributed by atoms with van der Waals surface area (Å²) >= 11 is 0. The smallest absolute Gasteiger partial charge is 0.304 e. The molecule has 72 valence electrons. The minimum atomic E-state index is -0.850. The largest absolute Gasteiger partial charge is 0.481 e. The fraction of sp³-hybridized carbons (Fsp3) is 0.800. The standard InChI is InChI=1S/C10H15NO2/c11-7-9(6-10(12)13)8-4-2-1-3-5-8/h8-9H,1-6H2,(H,12,13). The zero-order chi connectivity index (χ0) is 9.68. The lowest BCUT2D eigenvalue weighted by molar-refractivity contribution is -0.138. The van der Waals surface area contributed by atoms with Crippen molar-refractivity contribution < 1.29 is 9.90 Å². The Labute approximate surface area is 78.4 Å². The monoisotopic (exact) mass is 181 g/mol. The van der Waals surface area contributed by atoms with Crippen LogP contribution in [0.3, 0.4) is 0 Å². The van der Waals surface area contributed by atoms with Gasteiger partial charge in [-0.3, -0.25) is 4.79 Å². The maximum absolute atomic E-state index is 10.5. The van der Waals surface area contributed by atoms with E-state index in [4.69, 9.17) is 10.4 Å². The van der Waals surface area contributed by atoms with Crippen molar-refractivity contribution in [1.82, 2.24) is 0 Å². The van der Waals surface area contributed by atoms with Gasteiger partial charge in [-0.15, -0.1) is 0 Å². The highest BCUT2D eigenvalue weighted by atomic mass is 16.4. The molecule has 1 rings (SSSR count). The molecule has 0 radical (unpaired) electrons. The number of hydrogen-bond donors (Lipinski definition) is 1. The van der Waals surface area contributed by atoms with Crippen molar-refractivity contribution in [3.05, 3.63) is 0 Å².